The van der Waals surface area contributed by atoms with Crippen LogP contribution in [0.5, 0.6) is 0 Å². The molecule has 0 saturated heterocycles. The minimum absolute atomic E-state index is 0.0149. The summed E-state index contributed by atoms with van der Waals surface area (Å²) in [7, 11) is 0. The number of thioether (sulfide) groups is 1. The predicted octanol–water partition coefficient (Wildman–Crippen LogP) is 1.85. The normalized spacial score (nSPS) is 10.2. The molecule has 0 radical (unpaired) electrons. The fourth-order valence-corrected chi connectivity index (χ4v) is 1.87. The lowest BCUT2D eigenvalue weighted by atomic mass is 10.3. The fraction of sp³-hybridized carbons (Fsp3) is 0.429. The van der Waals surface area contributed by atoms with Crippen LogP contribution in [0.3, 0.4) is 0 Å². The molecule has 1 rings (SSSR count). The molecule has 0 aliphatic carbocycles. The van der Waals surface area contributed by atoms with Crippen LogP contribution >= 0.6 is 23.3 Å². The van der Waals surface area contributed by atoms with Gasteiger partial charge < -0.3 is 4.37 Å². The zero-order chi connectivity index (χ0) is 9.14. The van der Waals surface area contributed by atoms with Crippen molar-refractivity contribution in [2.24, 2.45) is 0 Å². The predicted molar refractivity (Wildman–Crippen MR) is 50.9 cm³/mol. The molecule has 0 bridgehead atoms. The van der Waals surface area contributed by atoms with Crippen molar-refractivity contribution >= 4 is 34.2 Å². The first-order chi connectivity index (χ1) is 5.61. The number of Topliss-reactive ketones (excluding diaryl/α,β-unsaturated/α-hetero) is 1. The van der Waals surface area contributed by atoms with E-state index in [-0.39, 0.29) is 16.7 Å². The summed E-state index contributed by atoms with van der Waals surface area (Å²) < 4.78 is 2.91. The minimum Gasteiger partial charge on any atom is -0.313 e. The molecule has 1 aromatic rings. The highest BCUT2D eigenvalue weighted by Crippen LogP contribution is 2.17. The number of hydrogen-bond acceptors (Lipinski definition) is 4. The molecule has 0 aliphatic rings. The van der Waals surface area contributed by atoms with Crippen molar-refractivity contribution in [3.8, 4) is 0 Å². The molecule has 66 valence electrons. The first-order valence-electron chi connectivity index (χ1n) is 3.41. The monoisotopic (exact) mass is 203 g/mol. The summed E-state index contributed by atoms with van der Waals surface area (Å²) in [5, 5.41) is -0.0149. The number of carbonyl (C=O) groups is 2. The Hall–Kier alpha value is -0.550. The van der Waals surface area contributed by atoms with Crippen LogP contribution in [-0.4, -0.2) is 21.0 Å². The van der Waals surface area contributed by atoms with Crippen molar-refractivity contribution in [1.29, 1.82) is 0 Å². The van der Waals surface area contributed by atoms with Crippen LogP contribution in [0.4, 0.5) is 0 Å². The molecule has 1 N–H and O–H groups in total. The maximum absolute atomic E-state index is 11.2. The lowest BCUT2D eigenvalue weighted by Gasteiger charge is -2.05. The summed E-state index contributed by atoms with van der Waals surface area (Å²) in [6.45, 7) is 3.31. The maximum atomic E-state index is 11.2. The number of H-pyrrole nitrogens is 1. The zero-order valence-electron chi connectivity index (χ0n) is 6.84. The van der Waals surface area contributed by atoms with Gasteiger partial charge in [0.25, 0.3) is 0 Å². The smallest absolute Gasteiger partial charge is 0.186 e. The van der Waals surface area contributed by atoms with Crippen LogP contribution in [0.15, 0.2) is 0 Å². The molecule has 0 aromatic carbocycles. The van der Waals surface area contributed by atoms with Crippen molar-refractivity contribution in [2.75, 3.05) is 5.75 Å². The van der Waals surface area contributed by atoms with Gasteiger partial charge in [0, 0.05) is 12.6 Å². The molecule has 0 fully saturated rings. The van der Waals surface area contributed by atoms with Gasteiger partial charge in [-0.05, 0) is 6.92 Å². The second-order valence-corrected chi connectivity index (χ2v) is 4.33. The van der Waals surface area contributed by atoms with Crippen molar-refractivity contribution in [1.82, 2.24) is 4.37 Å². The van der Waals surface area contributed by atoms with E-state index < -0.39 is 0 Å². The van der Waals surface area contributed by atoms with Gasteiger partial charge in [-0.15, -0.1) is 0 Å². The van der Waals surface area contributed by atoms with Gasteiger partial charge in [-0.2, -0.15) is 0 Å². The van der Waals surface area contributed by atoms with E-state index in [1.165, 1.54) is 18.5 Å². The quantitative estimate of drug-likeness (QED) is 0.763. The Balaban J connectivity index is 2.43. The molecular weight excluding hydrogens is 194 g/mol. The van der Waals surface area contributed by atoms with Gasteiger partial charge in [-0.1, -0.05) is 23.3 Å². The highest BCUT2D eigenvalue weighted by Gasteiger charge is 2.13. The van der Waals surface area contributed by atoms with Crippen molar-refractivity contribution in [2.45, 2.75) is 13.8 Å². The average Bonchev–Trinajstić information content (AvgIpc) is 1.98. The Bertz CT molecular complexity index is 300. The molecular formula is C7H9NO2S2. The van der Waals surface area contributed by atoms with E-state index in [1.54, 1.807) is 0 Å². The number of aromatic amines is 1. The SMILES string of the molecule is CC(=O)SCC(=O)c1s[nH]c1C. The standard InChI is InChI=1S/C7H9NO2S2/c1-4-7(12-8-4)6(10)3-11-5(2)9/h8H,3H2,1-2H3. The van der Waals surface area contributed by atoms with E-state index in [4.69, 9.17) is 0 Å². The zero-order valence-corrected chi connectivity index (χ0v) is 8.47. The molecule has 0 unspecified atom stereocenters. The van der Waals surface area contributed by atoms with Crippen LogP contribution in [-0.2, 0) is 4.79 Å². The Kier molecular flexibility index (Phi) is 3.11. The number of aryl methyl sites for hydroxylation is 1. The second kappa shape index (κ2) is 3.91. The summed E-state index contributed by atoms with van der Waals surface area (Å²) in [6, 6.07) is 0. The van der Waals surface area contributed by atoms with Crippen LogP contribution < -0.4 is 0 Å². The first-order valence-corrected chi connectivity index (χ1v) is 5.21. The third-order valence-corrected chi connectivity index (χ3v) is 3.27. The molecule has 0 spiro atoms. The highest BCUT2D eigenvalue weighted by atomic mass is 32.2. The topological polar surface area (TPSA) is 49.9 Å². The summed E-state index contributed by atoms with van der Waals surface area (Å²) in [4.78, 5) is 22.5. The summed E-state index contributed by atoms with van der Waals surface area (Å²) in [6.07, 6.45) is 0. The minimum atomic E-state index is -0.0149. The van der Waals surface area contributed by atoms with Gasteiger partial charge in [0.15, 0.2) is 10.9 Å². The lowest BCUT2D eigenvalue weighted by Crippen LogP contribution is -2.07. The molecule has 0 saturated carbocycles. The molecule has 1 heterocycles. The maximum Gasteiger partial charge on any atom is 0.186 e. The lowest BCUT2D eigenvalue weighted by molar-refractivity contribution is -0.109. The number of carbonyl (C=O) groups excluding carboxylic acids is 2. The van der Waals surface area contributed by atoms with Gasteiger partial charge in [-0.25, -0.2) is 0 Å². The summed E-state index contributed by atoms with van der Waals surface area (Å²) in [5.74, 6) is 0.299. The van der Waals surface area contributed by atoms with Crippen molar-refractivity contribution < 1.29 is 9.59 Å². The van der Waals surface area contributed by atoms with E-state index in [1.807, 2.05) is 6.92 Å². The van der Waals surface area contributed by atoms with Crippen LogP contribution in [0.25, 0.3) is 0 Å². The van der Waals surface area contributed by atoms with Crippen LogP contribution in [0.2, 0.25) is 0 Å². The second-order valence-electron chi connectivity index (χ2n) is 2.36. The van der Waals surface area contributed by atoms with Crippen molar-refractivity contribution in [3.05, 3.63) is 10.6 Å². The number of nitrogens with one attached hydrogen (secondary N) is 1. The summed E-state index contributed by atoms with van der Waals surface area (Å²) in [5.41, 5.74) is 0.911. The molecule has 12 heavy (non-hydrogen) atoms. The van der Waals surface area contributed by atoms with Gasteiger partial charge in [0.05, 0.1) is 5.75 Å². The van der Waals surface area contributed by atoms with E-state index in [2.05, 4.69) is 4.37 Å². The van der Waals surface area contributed by atoms with E-state index >= 15 is 0 Å². The Labute approximate surface area is 78.7 Å². The molecule has 0 aliphatic heterocycles. The first kappa shape index (κ1) is 9.54. The number of ketones is 1. The average molecular weight is 203 g/mol. The number of rotatable bonds is 3. The van der Waals surface area contributed by atoms with Gasteiger partial charge >= 0.3 is 0 Å². The van der Waals surface area contributed by atoms with E-state index in [9.17, 15) is 9.59 Å². The van der Waals surface area contributed by atoms with Crippen LogP contribution in [0, 0.1) is 6.92 Å². The summed E-state index contributed by atoms with van der Waals surface area (Å²) >= 11 is 2.38. The van der Waals surface area contributed by atoms with Crippen LogP contribution in [0.1, 0.15) is 22.3 Å². The molecule has 0 atom stereocenters. The van der Waals surface area contributed by atoms with E-state index in [0.717, 1.165) is 22.3 Å². The van der Waals surface area contributed by atoms with E-state index in [0.29, 0.717) is 0 Å². The Morgan fingerprint density at radius 1 is 1.58 bits per heavy atom. The third-order valence-electron chi connectivity index (χ3n) is 1.31. The molecule has 5 heteroatoms. The van der Waals surface area contributed by atoms with Gasteiger partial charge in [0.1, 0.15) is 4.88 Å². The molecule has 0 amide bonds. The Morgan fingerprint density at radius 2 is 2.25 bits per heavy atom. The largest absolute Gasteiger partial charge is 0.313 e. The van der Waals surface area contributed by atoms with Gasteiger partial charge in [-0.3, -0.25) is 9.59 Å². The highest BCUT2D eigenvalue weighted by molar-refractivity contribution is 8.14. The molecule has 1 aromatic heterocycles. The van der Waals surface area contributed by atoms with Crippen molar-refractivity contribution in [3.63, 3.8) is 0 Å². The fourth-order valence-electron chi connectivity index (χ4n) is 0.703. The third kappa shape index (κ3) is 2.22. The number of hydrogen-bond donors (Lipinski definition) is 1. The van der Waals surface area contributed by atoms with Gasteiger partial charge in [0.2, 0.25) is 0 Å². The molecule has 3 nitrogen and oxygen atoms in total. The number of aromatic nitrogens is 1. The Morgan fingerprint density at radius 3 is 2.58 bits per heavy atom.